The lowest BCUT2D eigenvalue weighted by atomic mass is 10.2. The largest absolute Gasteiger partial charge is 0.331 e. The van der Waals surface area contributed by atoms with E-state index in [0.29, 0.717) is 16.6 Å². The minimum absolute atomic E-state index is 0.0135. The van der Waals surface area contributed by atoms with E-state index in [2.05, 4.69) is 21.2 Å². The topological polar surface area (TPSA) is 91.6 Å². The minimum atomic E-state index is -0.445. The fraction of sp³-hybridized carbons (Fsp3) is 0. The van der Waals surface area contributed by atoms with Crippen LogP contribution in [0.4, 0.5) is 17.1 Å². The molecular formula is C20H17N5O2S. The molecule has 0 amide bonds. The molecule has 3 rings (SSSR count). The number of nitrogens with zero attached hydrogens (tertiary/aromatic N) is 2. The molecule has 0 aliphatic carbocycles. The lowest BCUT2D eigenvalue weighted by molar-refractivity contribution is -0.384. The van der Waals surface area contributed by atoms with Gasteiger partial charge in [0, 0.05) is 23.4 Å². The number of hydrazine groups is 1. The van der Waals surface area contributed by atoms with Gasteiger partial charge in [-0.3, -0.25) is 21.0 Å². The molecule has 0 unspecified atom stereocenters. The van der Waals surface area contributed by atoms with Crippen molar-refractivity contribution in [2.24, 2.45) is 4.99 Å². The molecule has 0 atom stereocenters. The van der Waals surface area contributed by atoms with Crippen molar-refractivity contribution in [3.63, 3.8) is 0 Å². The molecule has 140 valence electrons. The molecule has 3 aromatic carbocycles. The summed E-state index contributed by atoms with van der Waals surface area (Å²) < 4.78 is 0. The number of amidine groups is 1. The molecular weight excluding hydrogens is 374 g/mol. The Bertz CT molecular complexity index is 976. The highest BCUT2D eigenvalue weighted by molar-refractivity contribution is 7.80. The van der Waals surface area contributed by atoms with E-state index in [1.54, 1.807) is 12.1 Å². The number of rotatable bonds is 4. The lowest BCUT2D eigenvalue weighted by Gasteiger charge is -2.14. The lowest BCUT2D eigenvalue weighted by Crippen LogP contribution is -2.44. The summed E-state index contributed by atoms with van der Waals surface area (Å²) in [4.78, 5) is 14.9. The molecule has 0 saturated carbocycles. The van der Waals surface area contributed by atoms with Crippen molar-refractivity contribution >= 4 is 40.2 Å². The maximum absolute atomic E-state index is 10.8. The summed E-state index contributed by atoms with van der Waals surface area (Å²) in [6, 6.07) is 25.0. The monoisotopic (exact) mass is 391 g/mol. The van der Waals surface area contributed by atoms with Gasteiger partial charge in [-0.05, 0) is 36.5 Å². The number of hydrogen-bond donors (Lipinski definition) is 3. The number of non-ortho nitro benzene ring substituents is 1. The van der Waals surface area contributed by atoms with E-state index in [-0.39, 0.29) is 5.69 Å². The first-order valence-electron chi connectivity index (χ1n) is 8.38. The van der Waals surface area contributed by atoms with Crippen molar-refractivity contribution in [3.05, 3.63) is 101 Å². The maximum Gasteiger partial charge on any atom is 0.269 e. The Labute approximate surface area is 167 Å². The van der Waals surface area contributed by atoms with Crippen LogP contribution in [0.15, 0.2) is 89.9 Å². The first kappa shape index (κ1) is 19.0. The van der Waals surface area contributed by atoms with Gasteiger partial charge in [0.25, 0.3) is 5.69 Å². The zero-order valence-electron chi connectivity index (χ0n) is 14.7. The highest BCUT2D eigenvalue weighted by atomic mass is 32.1. The van der Waals surface area contributed by atoms with E-state index < -0.39 is 4.92 Å². The predicted octanol–water partition coefficient (Wildman–Crippen LogP) is 4.16. The second-order valence-corrected chi connectivity index (χ2v) is 6.08. The molecule has 7 nitrogen and oxygen atoms in total. The van der Waals surface area contributed by atoms with Crippen molar-refractivity contribution in [2.45, 2.75) is 0 Å². The number of benzene rings is 3. The summed E-state index contributed by atoms with van der Waals surface area (Å²) in [5.74, 6) is 0.520. The van der Waals surface area contributed by atoms with Gasteiger partial charge in [0.2, 0.25) is 0 Å². The van der Waals surface area contributed by atoms with Gasteiger partial charge < -0.3 is 5.32 Å². The number of nitrogens with one attached hydrogen (secondary N) is 3. The van der Waals surface area contributed by atoms with E-state index in [4.69, 9.17) is 12.2 Å². The van der Waals surface area contributed by atoms with Crippen molar-refractivity contribution < 1.29 is 4.92 Å². The molecule has 0 saturated heterocycles. The van der Waals surface area contributed by atoms with Crippen LogP contribution in [0.3, 0.4) is 0 Å². The van der Waals surface area contributed by atoms with Crippen LogP contribution < -0.4 is 16.2 Å². The Hall–Kier alpha value is -3.78. The quantitative estimate of drug-likeness (QED) is 0.203. The summed E-state index contributed by atoms with van der Waals surface area (Å²) in [5, 5.41) is 14.2. The fourth-order valence-electron chi connectivity index (χ4n) is 2.34. The number of para-hydroxylation sites is 1. The van der Waals surface area contributed by atoms with Gasteiger partial charge >= 0.3 is 0 Å². The van der Waals surface area contributed by atoms with Gasteiger partial charge in [-0.25, -0.2) is 4.99 Å². The first-order chi connectivity index (χ1) is 13.6. The zero-order chi connectivity index (χ0) is 19.8. The van der Waals surface area contributed by atoms with Crippen LogP contribution in [-0.4, -0.2) is 15.9 Å². The van der Waals surface area contributed by atoms with Crippen molar-refractivity contribution in [1.82, 2.24) is 10.9 Å². The first-order valence-corrected chi connectivity index (χ1v) is 8.79. The van der Waals surface area contributed by atoms with Crippen LogP contribution in [-0.2, 0) is 0 Å². The molecule has 28 heavy (non-hydrogen) atoms. The summed E-state index contributed by atoms with van der Waals surface area (Å²) in [5.41, 5.74) is 8.19. The SMILES string of the molecule is O=[N+]([O-])c1ccc(N=C(NNC(=S)Nc2ccccc2)c2ccccc2)cc1. The summed E-state index contributed by atoms with van der Waals surface area (Å²) in [7, 11) is 0. The van der Waals surface area contributed by atoms with Crippen LogP contribution in [0.2, 0.25) is 0 Å². The van der Waals surface area contributed by atoms with E-state index in [1.807, 2.05) is 60.7 Å². The molecule has 0 fully saturated rings. The molecule has 0 heterocycles. The molecule has 8 heteroatoms. The van der Waals surface area contributed by atoms with Gasteiger partial charge in [-0.15, -0.1) is 0 Å². The van der Waals surface area contributed by atoms with Crippen LogP contribution in [0.5, 0.6) is 0 Å². The molecule has 3 aromatic rings. The van der Waals surface area contributed by atoms with Gasteiger partial charge in [-0.1, -0.05) is 48.5 Å². The van der Waals surface area contributed by atoms with Crippen LogP contribution in [0, 0.1) is 10.1 Å². The maximum atomic E-state index is 10.8. The third-order valence-corrected chi connectivity index (χ3v) is 3.88. The zero-order valence-corrected chi connectivity index (χ0v) is 15.5. The van der Waals surface area contributed by atoms with Gasteiger partial charge in [0.1, 0.15) is 0 Å². The number of hydrogen-bond acceptors (Lipinski definition) is 4. The average Bonchev–Trinajstić information content (AvgIpc) is 2.73. The molecule has 0 aliphatic heterocycles. The summed E-state index contributed by atoms with van der Waals surface area (Å²) in [6.45, 7) is 0. The minimum Gasteiger partial charge on any atom is -0.331 e. The van der Waals surface area contributed by atoms with Crippen molar-refractivity contribution in [3.8, 4) is 0 Å². The van der Waals surface area contributed by atoms with E-state index >= 15 is 0 Å². The molecule has 0 aromatic heterocycles. The third kappa shape index (κ3) is 5.36. The Morgan fingerprint density at radius 3 is 2.07 bits per heavy atom. The third-order valence-electron chi connectivity index (χ3n) is 3.67. The fourth-order valence-corrected chi connectivity index (χ4v) is 2.51. The summed E-state index contributed by atoms with van der Waals surface area (Å²) in [6.07, 6.45) is 0. The molecule has 3 N–H and O–H groups in total. The van der Waals surface area contributed by atoms with Crippen LogP contribution in [0.25, 0.3) is 0 Å². The average molecular weight is 391 g/mol. The van der Waals surface area contributed by atoms with Crippen LogP contribution >= 0.6 is 12.2 Å². The smallest absolute Gasteiger partial charge is 0.269 e. The van der Waals surface area contributed by atoms with Crippen LogP contribution in [0.1, 0.15) is 5.56 Å². The van der Waals surface area contributed by atoms with Gasteiger partial charge in [-0.2, -0.15) is 0 Å². The molecule has 0 spiro atoms. The highest BCUT2D eigenvalue weighted by Crippen LogP contribution is 2.18. The normalized spacial score (nSPS) is 10.8. The molecule has 0 bridgehead atoms. The summed E-state index contributed by atoms with van der Waals surface area (Å²) >= 11 is 5.30. The van der Waals surface area contributed by atoms with Gasteiger partial charge in [0.15, 0.2) is 10.9 Å². The Balaban J connectivity index is 1.76. The highest BCUT2D eigenvalue weighted by Gasteiger charge is 2.07. The Kier molecular flexibility index (Phi) is 6.27. The van der Waals surface area contributed by atoms with E-state index in [0.717, 1.165) is 11.3 Å². The number of thiocarbonyl (C=S) groups is 1. The Morgan fingerprint density at radius 2 is 1.46 bits per heavy atom. The van der Waals surface area contributed by atoms with Crippen molar-refractivity contribution in [1.29, 1.82) is 0 Å². The Morgan fingerprint density at radius 1 is 0.857 bits per heavy atom. The number of aliphatic imine (C=N–C) groups is 1. The number of nitro benzene ring substituents is 1. The predicted molar refractivity (Wildman–Crippen MR) is 115 cm³/mol. The second-order valence-electron chi connectivity index (χ2n) is 5.67. The van der Waals surface area contributed by atoms with E-state index in [9.17, 15) is 10.1 Å². The molecule has 0 aliphatic rings. The number of nitro groups is 1. The number of anilines is 1. The standard InChI is InChI=1S/C20H17N5O2S/c26-25(27)18-13-11-17(12-14-18)21-19(15-7-3-1-4-8-15)23-24-20(28)22-16-9-5-2-6-10-16/h1-14H,(H,21,23)(H2,22,24,28). The molecule has 0 radical (unpaired) electrons. The second kappa shape index (κ2) is 9.24. The van der Waals surface area contributed by atoms with Gasteiger partial charge in [0.05, 0.1) is 10.6 Å². The van der Waals surface area contributed by atoms with Crippen molar-refractivity contribution in [2.75, 3.05) is 5.32 Å². The van der Waals surface area contributed by atoms with E-state index in [1.165, 1.54) is 12.1 Å².